The fourth-order valence-electron chi connectivity index (χ4n) is 1.89. The number of nitro benzene ring substituents is 1. The topological polar surface area (TPSA) is 101 Å². The number of benzene rings is 1. The highest BCUT2D eigenvalue weighted by Gasteiger charge is 2.19. The summed E-state index contributed by atoms with van der Waals surface area (Å²) in [5.41, 5.74) is 0.660. The van der Waals surface area contributed by atoms with E-state index in [4.69, 9.17) is 0 Å². The second-order valence-corrected chi connectivity index (χ2v) is 6.42. The van der Waals surface area contributed by atoms with E-state index in [1.807, 2.05) is 13.8 Å². The molecule has 0 spiro atoms. The lowest BCUT2D eigenvalue weighted by Crippen LogP contribution is -2.18. The lowest BCUT2D eigenvalue weighted by molar-refractivity contribution is -0.384. The van der Waals surface area contributed by atoms with Crippen molar-refractivity contribution in [1.29, 1.82) is 0 Å². The van der Waals surface area contributed by atoms with Crippen LogP contribution >= 0.6 is 11.3 Å². The Hall–Kier alpha value is -2.55. The van der Waals surface area contributed by atoms with E-state index in [9.17, 15) is 14.9 Å². The van der Waals surface area contributed by atoms with Crippen molar-refractivity contribution in [3.63, 3.8) is 0 Å². The quantitative estimate of drug-likeness (QED) is 0.666. The zero-order chi connectivity index (χ0) is 17.1. The average molecular weight is 335 g/mol. The first kappa shape index (κ1) is 16.8. The van der Waals surface area contributed by atoms with Gasteiger partial charge in [-0.1, -0.05) is 25.2 Å². The van der Waals surface area contributed by atoms with Crippen molar-refractivity contribution < 1.29 is 9.72 Å². The van der Waals surface area contributed by atoms with Crippen molar-refractivity contribution in [2.45, 2.75) is 19.8 Å². The van der Waals surface area contributed by atoms with E-state index in [0.717, 1.165) is 5.01 Å². The zero-order valence-electron chi connectivity index (χ0n) is 13.2. The van der Waals surface area contributed by atoms with Crippen molar-refractivity contribution >= 4 is 33.8 Å². The van der Waals surface area contributed by atoms with Crippen LogP contribution in [0.3, 0.4) is 0 Å². The van der Waals surface area contributed by atoms with Gasteiger partial charge in [0.15, 0.2) is 0 Å². The standard InChI is InChI=1S/C14H17N5O3S/c1-8(2)13-16-17-14(23-13)15-12(20)10-7-9(19(21)22)5-6-11(10)18(3)4/h5-8H,1-4H3,(H,15,17,20). The van der Waals surface area contributed by atoms with Gasteiger partial charge in [0.2, 0.25) is 5.13 Å². The summed E-state index contributed by atoms with van der Waals surface area (Å²) >= 11 is 1.29. The summed E-state index contributed by atoms with van der Waals surface area (Å²) in [5.74, 6) is -0.239. The smallest absolute Gasteiger partial charge is 0.270 e. The first-order valence-electron chi connectivity index (χ1n) is 6.90. The van der Waals surface area contributed by atoms with Crippen molar-refractivity contribution in [1.82, 2.24) is 10.2 Å². The molecule has 0 radical (unpaired) electrons. The number of non-ortho nitro benzene ring substituents is 1. The van der Waals surface area contributed by atoms with E-state index >= 15 is 0 Å². The minimum Gasteiger partial charge on any atom is -0.377 e. The minimum atomic E-state index is -0.530. The highest BCUT2D eigenvalue weighted by molar-refractivity contribution is 7.15. The molecular weight excluding hydrogens is 318 g/mol. The van der Waals surface area contributed by atoms with E-state index in [-0.39, 0.29) is 17.2 Å². The number of carbonyl (C=O) groups excluding carboxylic acids is 1. The Kier molecular flexibility index (Phi) is 4.89. The molecule has 0 fully saturated rings. The Balaban J connectivity index is 2.32. The first-order chi connectivity index (χ1) is 10.8. The van der Waals surface area contributed by atoms with Gasteiger partial charge in [0.1, 0.15) is 5.01 Å². The summed E-state index contributed by atoms with van der Waals surface area (Å²) in [6, 6.07) is 4.18. The first-order valence-corrected chi connectivity index (χ1v) is 7.71. The fraction of sp³-hybridized carbons (Fsp3) is 0.357. The molecule has 0 atom stereocenters. The summed E-state index contributed by atoms with van der Waals surface area (Å²) in [6.07, 6.45) is 0. The molecule has 0 aliphatic heterocycles. The lowest BCUT2D eigenvalue weighted by atomic mass is 10.1. The molecule has 0 aliphatic carbocycles. The van der Waals surface area contributed by atoms with E-state index < -0.39 is 10.8 Å². The molecule has 0 saturated heterocycles. The van der Waals surface area contributed by atoms with Crippen LogP contribution in [0.4, 0.5) is 16.5 Å². The molecule has 2 rings (SSSR count). The number of rotatable bonds is 5. The van der Waals surface area contributed by atoms with E-state index in [0.29, 0.717) is 10.8 Å². The number of nitrogens with one attached hydrogen (secondary N) is 1. The fourth-order valence-corrected chi connectivity index (χ4v) is 2.63. The highest BCUT2D eigenvalue weighted by atomic mass is 32.1. The summed E-state index contributed by atoms with van der Waals surface area (Å²) in [4.78, 5) is 24.6. The third-order valence-corrected chi connectivity index (χ3v) is 4.21. The molecule has 0 bridgehead atoms. The predicted octanol–water partition coefficient (Wildman–Crippen LogP) is 2.89. The Labute approximate surface area is 137 Å². The number of hydrogen-bond acceptors (Lipinski definition) is 7. The second kappa shape index (κ2) is 6.69. The van der Waals surface area contributed by atoms with Crippen molar-refractivity contribution in [3.8, 4) is 0 Å². The van der Waals surface area contributed by atoms with Crippen molar-refractivity contribution in [3.05, 3.63) is 38.9 Å². The molecule has 23 heavy (non-hydrogen) atoms. The summed E-state index contributed by atoms with van der Waals surface area (Å²) < 4.78 is 0. The van der Waals surface area contributed by atoms with Crippen LogP contribution in [0.15, 0.2) is 18.2 Å². The van der Waals surface area contributed by atoms with Crippen molar-refractivity contribution in [2.75, 3.05) is 24.3 Å². The number of nitrogens with zero attached hydrogens (tertiary/aromatic N) is 4. The molecule has 0 aliphatic rings. The van der Waals surface area contributed by atoms with E-state index in [1.165, 1.54) is 23.5 Å². The maximum Gasteiger partial charge on any atom is 0.270 e. The minimum absolute atomic E-state index is 0.138. The predicted molar refractivity (Wildman–Crippen MR) is 89.4 cm³/mol. The van der Waals surface area contributed by atoms with Gasteiger partial charge in [-0.15, -0.1) is 10.2 Å². The van der Waals surface area contributed by atoms with Gasteiger partial charge in [0.25, 0.3) is 11.6 Å². The maximum absolute atomic E-state index is 12.5. The van der Waals surface area contributed by atoms with Crippen LogP contribution in [-0.4, -0.2) is 35.1 Å². The van der Waals surface area contributed by atoms with Gasteiger partial charge in [-0.05, 0) is 6.07 Å². The normalized spacial score (nSPS) is 10.7. The van der Waals surface area contributed by atoms with Gasteiger partial charge in [-0.25, -0.2) is 0 Å². The van der Waals surface area contributed by atoms with Crippen LogP contribution in [0.1, 0.15) is 35.1 Å². The second-order valence-electron chi connectivity index (χ2n) is 5.41. The number of nitro groups is 1. The Morgan fingerprint density at radius 3 is 2.57 bits per heavy atom. The maximum atomic E-state index is 12.5. The van der Waals surface area contributed by atoms with Crippen LogP contribution in [0.2, 0.25) is 0 Å². The molecule has 2 aromatic rings. The van der Waals surface area contributed by atoms with Crippen LogP contribution < -0.4 is 10.2 Å². The molecule has 1 N–H and O–H groups in total. The number of aromatic nitrogens is 2. The summed E-state index contributed by atoms with van der Waals surface area (Å²) in [5, 5.41) is 22.7. The monoisotopic (exact) mass is 335 g/mol. The lowest BCUT2D eigenvalue weighted by Gasteiger charge is -2.16. The molecule has 1 aromatic heterocycles. The van der Waals surface area contributed by atoms with Gasteiger partial charge in [0, 0.05) is 37.8 Å². The van der Waals surface area contributed by atoms with E-state index in [2.05, 4.69) is 15.5 Å². The number of amides is 1. The number of carbonyl (C=O) groups is 1. The molecule has 9 heteroatoms. The number of anilines is 2. The van der Waals surface area contributed by atoms with Crippen molar-refractivity contribution in [2.24, 2.45) is 0 Å². The molecule has 0 saturated carbocycles. The third-order valence-electron chi connectivity index (χ3n) is 3.07. The van der Waals surface area contributed by atoms with Gasteiger partial charge >= 0.3 is 0 Å². The molecule has 1 amide bonds. The van der Waals surface area contributed by atoms with Gasteiger partial charge < -0.3 is 4.90 Å². The van der Waals surface area contributed by atoms with Gasteiger partial charge in [0.05, 0.1) is 10.5 Å². The van der Waals surface area contributed by atoms with Crippen LogP contribution in [0.5, 0.6) is 0 Å². The van der Waals surface area contributed by atoms with Crippen LogP contribution in [0, 0.1) is 10.1 Å². The molecule has 1 aromatic carbocycles. The highest BCUT2D eigenvalue weighted by Crippen LogP contribution is 2.27. The molecule has 0 unspecified atom stereocenters. The van der Waals surface area contributed by atoms with E-state index in [1.54, 1.807) is 25.1 Å². The van der Waals surface area contributed by atoms with Gasteiger partial charge in [-0.2, -0.15) is 0 Å². The molecule has 8 nitrogen and oxygen atoms in total. The average Bonchev–Trinajstić information content (AvgIpc) is 2.95. The number of hydrogen-bond donors (Lipinski definition) is 1. The Morgan fingerprint density at radius 1 is 1.35 bits per heavy atom. The summed E-state index contributed by atoms with van der Waals surface area (Å²) in [7, 11) is 3.53. The summed E-state index contributed by atoms with van der Waals surface area (Å²) in [6.45, 7) is 3.97. The molecule has 122 valence electrons. The van der Waals surface area contributed by atoms with Gasteiger partial charge in [-0.3, -0.25) is 20.2 Å². The molecule has 1 heterocycles. The Morgan fingerprint density at radius 2 is 2.04 bits per heavy atom. The SMILES string of the molecule is CC(C)c1nnc(NC(=O)c2cc([N+](=O)[O-])ccc2N(C)C)s1. The van der Waals surface area contributed by atoms with Crippen LogP contribution in [-0.2, 0) is 0 Å². The van der Waals surface area contributed by atoms with Crippen LogP contribution in [0.25, 0.3) is 0 Å². The molecular formula is C14H17N5O3S. The zero-order valence-corrected chi connectivity index (χ0v) is 14.0. The largest absolute Gasteiger partial charge is 0.377 e. The third kappa shape index (κ3) is 3.81. The Bertz CT molecular complexity index is 742.